The van der Waals surface area contributed by atoms with Gasteiger partial charge in [0.1, 0.15) is 5.60 Å². The van der Waals surface area contributed by atoms with Gasteiger partial charge < -0.3 is 15.0 Å². The van der Waals surface area contributed by atoms with Gasteiger partial charge in [-0.05, 0) is 55.5 Å². The lowest BCUT2D eigenvalue weighted by molar-refractivity contribution is -0.120. The highest BCUT2D eigenvalue weighted by Gasteiger charge is 2.29. The molecule has 0 saturated carbocycles. The van der Waals surface area contributed by atoms with Gasteiger partial charge in [0, 0.05) is 19.6 Å². The first-order valence-electron chi connectivity index (χ1n) is 7.59. The molecule has 5 nitrogen and oxygen atoms in total. The molecule has 122 valence electrons. The molecule has 2 rings (SSSR count). The van der Waals surface area contributed by atoms with Crippen molar-refractivity contribution in [2.24, 2.45) is 5.92 Å². The molecule has 1 atom stereocenters. The van der Waals surface area contributed by atoms with Crippen LogP contribution < -0.4 is 5.32 Å². The number of amides is 2. The summed E-state index contributed by atoms with van der Waals surface area (Å²) in [6.07, 6.45) is 1.06. The van der Waals surface area contributed by atoms with Crippen LogP contribution in [0.1, 0.15) is 32.8 Å². The molecule has 1 aromatic heterocycles. The lowest BCUT2D eigenvalue weighted by Crippen LogP contribution is -2.36. The van der Waals surface area contributed by atoms with Gasteiger partial charge >= 0.3 is 6.09 Å². The van der Waals surface area contributed by atoms with Gasteiger partial charge in [0.25, 0.3) is 0 Å². The molecule has 0 aromatic carbocycles. The average Bonchev–Trinajstić information content (AvgIpc) is 3.05. The number of nitrogens with one attached hydrogen (secondary N) is 1. The van der Waals surface area contributed by atoms with Crippen LogP contribution in [0.5, 0.6) is 0 Å². The smallest absolute Gasteiger partial charge is 0.410 e. The second-order valence-corrected chi connectivity index (χ2v) is 7.47. The van der Waals surface area contributed by atoms with Crippen LogP contribution in [-0.2, 0) is 16.0 Å². The second-order valence-electron chi connectivity index (χ2n) is 6.69. The summed E-state index contributed by atoms with van der Waals surface area (Å²) >= 11 is 1.59. The van der Waals surface area contributed by atoms with Gasteiger partial charge in [0.05, 0.1) is 6.42 Å². The molecule has 2 heterocycles. The minimum Gasteiger partial charge on any atom is -0.444 e. The number of likely N-dealkylation sites (tertiary alicyclic amines) is 1. The van der Waals surface area contributed by atoms with E-state index in [-0.39, 0.29) is 12.0 Å². The Hall–Kier alpha value is -1.56. The first kappa shape index (κ1) is 16.8. The Morgan fingerprint density at radius 3 is 2.86 bits per heavy atom. The molecule has 1 N–H and O–H groups in total. The third-order valence-corrected chi connectivity index (χ3v) is 4.20. The molecule has 1 aliphatic heterocycles. The summed E-state index contributed by atoms with van der Waals surface area (Å²) in [7, 11) is 0. The second kappa shape index (κ2) is 7.13. The summed E-state index contributed by atoms with van der Waals surface area (Å²) in [4.78, 5) is 25.6. The van der Waals surface area contributed by atoms with Gasteiger partial charge in [0.2, 0.25) is 5.91 Å². The van der Waals surface area contributed by atoms with E-state index in [9.17, 15) is 9.59 Å². The summed E-state index contributed by atoms with van der Waals surface area (Å²) < 4.78 is 5.37. The van der Waals surface area contributed by atoms with Crippen molar-refractivity contribution in [2.75, 3.05) is 19.6 Å². The maximum Gasteiger partial charge on any atom is 0.410 e. The minimum absolute atomic E-state index is 0.0362. The molecule has 6 heteroatoms. The summed E-state index contributed by atoms with van der Waals surface area (Å²) in [6, 6.07) is 1.96. The number of hydrogen-bond donors (Lipinski definition) is 1. The first-order valence-corrected chi connectivity index (χ1v) is 8.53. The monoisotopic (exact) mass is 324 g/mol. The van der Waals surface area contributed by atoms with E-state index in [1.165, 1.54) is 0 Å². The SMILES string of the molecule is CC(C)(C)OC(=O)N1CCC(CNC(=O)Cc2ccsc2)C1. The molecule has 2 amide bonds. The molecule has 1 saturated heterocycles. The number of hydrogen-bond acceptors (Lipinski definition) is 4. The van der Waals surface area contributed by atoms with Crippen molar-refractivity contribution >= 4 is 23.3 Å². The Morgan fingerprint density at radius 1 is 1.45 bits per heavy atom. The van der Waals surface area contributed by atoms with Gasteiger partial charge in [-0.3, -0.25) is 4.79 Å². The van der Waals surface area contributed by atoms with Crippen LogP contribution in [0.15, 0.2) is 16.8 Å². The van der Waals surface area contributed by atoms with E-state index in [1.807, 2.05) is 37.6 Å². The zero-order valence-electron chi connectivity index (χ0n) is 13.4. The lowest BCUT2D eigenvalue weighted by Gasteiger charge is -2.24. The molecule has 1 fully saturated rings. The molecular weight excluding hydrogens is 300 g/mol. The van der Waals surface area contributed by atoms with Crippen LogP contribution in [0, 0.1) is 5.92 Å². The largest absolute Gasteiger partial charge is 0.444 e. The van der Waals surface area contributed by atoms with E-state index < -0.39 is 5.60 Å². The van der Waals surface area contributed by atoms with Gasteiger partial charge in [-0.25, -0.2) is 4.79 Å². The fraction of sp³-hybridized carbons (Fsp3) is 0.625. The Balaban J connectivity index is 1.70. The highest BCUT2D eigenvalue weighted by Crippen LogP contribution is 2.19. The van der Waals surface area contributed by atoms with Crippen molar-refractivity contribution in [3.63, 3.8) is 0 Å². The zero-order chi connectivity index (χ0) is 16.2. The topological polar surface area (TPSA) is 58.6 Å². The number of thiophene rings is 1. The molecule has 1 aliphatic rings. The fourth-order valence-corrected chi connectivity index (χ4v) is 3.06. The van der Waals surface area contributed by atoms with Gasteiger partial charge in [-0.2, -0.15) is 11.3 Å². The maximum atomic E-state index is 12.0. The van der Waals surface area contributed by atoms with Crippen molar-refractivity contribution in [3.8, 4) is 0 Å². The van der Waals surface area contributed by atoms with Crippen molar-refractivity contribution in [1.29, 1.82) is 0 Å². The standard InChI is InChI=1S/C16H24N2O3S/c1-16(2,3)21-15(20)18-6-4-13(10-18)9-17-14(19)8-12-5-7-22-11-12/h5,7,11,13H,4,6,8-10H2,1-3H3,(H,17,19). The lowest BCUT2D eigenvalue weighted by atomic mass is 10.1. The number of nitrogens with zero attached hydrogens (tertiary/aromatic N) is 1. The quantitative estimate of drug-likeness (QED) is 0.926. The molecule has 0 radical (unpaired) electrons. The third kappa shape index (κ3) is 5.33. The van der Waals surface area contributed by atoms with E-state index in [4.69, 9.17) is 4.74 Å². The Labute approximate surface area is 135 Å². The molecular formula is C16H24N2O3S. The Bertz CT molecular complexity index is 508. The van der Waals surface area contributed by atoms with E-state index >= 15 is 0 Å². The molecule has 1 unspecified atom stereocenters. The van der Waals surface area contributed by atoms with Crippen molar-refractivity contribution in [1.82, 2.24) is 10.2 Å². The van der Waals surface area contributed by atoms with E-state index in [0.717, 1.165) is 12.0 Å². The van der Waals surface area contributed by atoms with Gasteiger partial charge in [0.15, 0.2) is 0 Å². The number of carbonyl (C=O) groups excluding carboxylic acids is 2. The van der Waals surface area contributed by atoms with Crippen molar-refractivity contribution in [3.05, 3.63) is 22.4 Å². The maximum absolute atomic E-state index is 12.0. The average molecular weight is 324 g/mol. The molecule has 0 bridgehead atoms. The number of rotatable bonds is 4. The van der Waals surface area contributed by atoms with Gasteiger partial charge in [-0.1, -0.05) is 0 Å². The summed E-state index contributed by atoms with van der Waals surface area (Å²) in [5.74, 6) is 0.341. The van der Waals surface area contributed by atoms with Crippen molar-refractivity contribution < 1.29 is 14.3 Å². The third-order valence-electron chi connectivity index (χ3n) is 3.47. The van der Waals surface area contributed by atoms with Gasteiger partial charge in [-0.15, -0.1) is 0 Å². The Morgan fingerprint density at radius 2 is 2.23 bits per heavy atom. The molecule has 22 heavy (non-hydrogen) atoms. The van der Waals surface area contributed by atoms with Crippen LogP contribution in [0.25, 0.3) is 0 Å². The number of ether oxygens (including phenoxy) is 1. The highest BCUT2D eigenvalue weighted by molar-refractivity contribution is 7.07. The van der Waals surface area contributed by atoms with Crippen LogP contribution in [-0.4, -0.2) is 42.1 Å². The number of carbonyl (C=O) groups is 2. The Kier molecular flexibility index (Phi) is 5.45. The fourth-order valence-electron chi connectivity index (χ4n) is 2.39. The normalized spacial score (nSPS) is 18.3. The summed E-state index contributed by atoms with van der Waals surface area (Å²) in [6.45, 7) is 7.55. The van der Waals surface area contributed by atoms with Crippen molar-refractivity contribution in [2.45, 2.75) is 39.2 Å². The van der Waals surface area contributed by atoms with Crippen LogP contribution >= 0.6 is 11.3 Å². The zero-order valence-corrected chi connectivity index (χ0v) is 14.2. The molecule has 0 spiro atoms. The highest BCUT2D eigenvalue weighted by atomic mass is 32.1. The van der Waals surface area contributed by atoms with E-state index in [2.05, 4.69) is 5.32 Å². The predicted molar refractivity (Wildman–Crippen MR) is 86.9 cm³/mol. The molecule has 1 aromatic rings. The van der Waals surface area contributed by atoms with Crippen LogP contribution in [0.3, 0.4) is 0 Å². The first-order chi connectivity index (χ1) is 10.3. The minimum atomic E-state index is -0.468. The van der Waals surface area contributed by atoms with Crippen LogP contribution in [0.4, 0.5) is 4.79 Å². The van der Waals surface area contributed by atoms with Crippen LogP contribution in [0.2, 0.25) is 0 Å². The van der Waals surface area contributed by atoms with E-state index in [0.29, 0.717) is 32.0 Å². The van der Waals surface area contributed by atoms with E-state index in [1.54, 1.807) is 16.2 Å². The summed E-state index contributed by atoms with van der Waals surface area (Å²) in [5, 5.41) is 6.91. The predicted octanol–water partition coefficient (Wildman–Crippen LogP) is 2.66. The summed E-state index contributed by atoms with van der Waals surface area (Å²) in [5.41, 5.74) is 0.577. The molecule has 0 aliphatic carbocycles.